The van der Waals surface area contributed by atoms with Gasteiger partial charge in [-0.1, -0.05) is 0 Å². The van der Waals surface area contributed by atoms with E-state index in [0.29, 0.717) is 0 Å². The zero-order valence-corrected chi connectivity index (χ0v) is 3.50. The van der Waals surface area contributed by atoms with Gasteiger partial charge >= 0.3 is 296 Å². The predicted octanol–water partition coefficient (Wildman–Crippen LogP) is -12.3. The number of rotatable bonds is 0. The van der Waals surface area contributed by atoms with Crippen molar-refractivity contribution in [1.82, 2.24) is 0 Å². The Morgan fingerprint density at radius 3 is 0.118 bits per heavy atom. The van der Waals surface area contributed by atoms with Crippen molar-refractivity contribution < 1.29 is 38.3 Å². The normalized spacial score (nSPS) is 0. The third-order valence-electron chi connectivity index (χ3n) is 0. The molecule has 0 atom stereocenters. The number of hydrogen-bond acceptors (Lipinski definition) is 0. The summed E-state index contributed by atoms with van der Waals surface area (Å²) in [5.41, 5.74) is 0. The van der Waals surface area contributed by atoms with Gasteiger partial charge < -0.3 is 38.3 Å². The Kier molecular flexibility index (Phi) is 1830. The van der Waals surface area contributed by atoms with Crippen LogP contribution in [0.2, 0.25) is 0 Å². The van der Waals surface area contributed by atoms with E-state index in [1.807, 2.05) is 0 Å². The number of hydrogen-bond donors (Lipinski definition) is 0. The molecule has 0 saturated carbocycles. The quantitative estimate of drug-likeness (QED) is 0.364. The average molecular weight is 366 g/mol. The van der Waals surface area contributed by atoms with Gasteiger partial charge in [-0.15, -0.1) is 0 Å². The molecule has 0 rings (SSSR count). The van der Waals surface area contributed by atoms with Crippen LogP contribution in [0.4, 0.5) is 0 Å². The van der Waals surface area contributed by atoms with Crippen LogP contribution >= 0.6 is 0 Å². The topological polar surface area (TPSA) is 220 Å². The van der Waals surface area contributed by atoms with Gasteiger partial charge in [0.1, 0.15) is 0 Å². The molecule has 0 aromatic heterocycles. The van der Waals surface area contributed by atoms with E-state index in [-0.39, 0.29) is 334 Å². The van der Waals surface area contributed by atoms with E-state index < -0.39 is 0 Å². The Hall–Kier alpha value is 9.72. The second kappa shape index (κ2) is 166. The molecule has 0 bridgehead atoms. The second-order valence-electron chi connectivity index (χ2n) is 0. The summed E-state index contributed by atoms with van der Waals surface area (Å²) in [7, 11) is 0. The van der Waals surface area contributed by atoms with Crippen molar-refractivity contribution in [2.45, 2.75) is 0 Å². The third kappa shape index (κ3) is 153. The van der Waals surface area contributed by atoms with Gasteiger partial charge in [-0.3, -0.25) is 0 Å². The maximum atomic E-state index is 0. The van der Waals surface area contributed by atoms with Gasteiger partial charge in [0, 0.05) is 0 Å². The van der Waals surface area contributed by atoms with Crippen LogP contribution in [-0.2, 0) is 0 Å². The van der Waals surface area contributed by atoms with E-state index in [1.165, 1.54) is 0 Å². The molecule has 0 aromatic carbocycles. The maximum absolute atomic E-state index is 0. The molecule has 17 heteroatoms. The van der Waals surface area contributed by atoms with Crippen molar-refractivity contribution >= 4 is 296 Å². The van der Waals surface area contributed by atoms with Crippen LogP contribution in [0.1, 0.15) is 0 Å². The Morgan fingerprint density at radius 1 is 0.118 bits per heavy atom. The molecule has 7 nitrogen and oxygen atoms in total. The molecule has 0 aromatic rings. The van der Waals surface area contributed by atoms with Crippen molar-refractivity contribution in [2.75, 3.05) is 0 Å². The van der Waals surface area contributed by atoms with Crippen LogP contribution in [0.3, 0.4) is 0 Å². The van der Waals surface area contributed by atoms with E-state index in [2.05, 4.69) is 0 Å². The van der Waals surface area contributed by atoms with Gasteiger partial charge in [0.25, 0.3) is 0 Å². The molecular weight excluding hydrogens is 342 g/mol. The summed E-state index contributed by atoms with van der Waals surface area (Å²) in [6.07, 6.45) is 0. The Balaban J connectivity index is 0. The molecule has 0 heterocycles. The SMILES string of the molecule is O.O.O.O.O.O.O.[NaH].[NaH].[NaH].[NaH].[NaH].[NaH].[NaH].[NaH].[NaH].[NaH]. The van der Waals surface area contributed by atoms with Crippen molar-refractivity contribution in [3.8, 4) is 0 Å². The van der Waals surface area contributed by atoms with Crippen molar-refractivity contribution in [1.29, 1.82) is 0 Å². The zero-order valence-electron chi connectivity index (χ0n) is 3.50. The van der Waals surface area contributed by atoms with Crippen LogP contribution in [-0.4, -0.2) is 334 Å². The van der Waals surface area contributed by atoms with Gasteiger partial charge in [0.2, 0.25) is 0 Å². The second-order valence-corrected chi connectivity index (χ2v) is 0. The van der Waals surface area contributed by atoms with Crippen molar-refractivity contribution in [3.63, 3.8) is 0 Å². The van der Waals surface area contributed by atoms with E-state index >= 15 is 0 Å². The van der Waals surface area contributed by atoms with E-state index in [9.17, 15) is 0 Å². The molecule has 0 aliphatic carbocycles. The monoisotopic (exact) mass is 366 g/mol. The molecule has 0 radical (unpaired) electrons. The molecule has 14 N–H and O–H groups in total. The molecule has 0 saturated heterocycles. The first-order valence-corrected chi connectivity index (χ1v) is 0. The summed E-state index contributed by atoms with van der Waals surface area (Å²) >= 11 is 0. The van der Waals surface area contributed by atoms with Gasteiger partial charge in [-0.2, -0.15) is 0 Å². The summed E-state index contributed by atoms with van der Waals surface area (Å²) < 4.78 is 0. The molecule has 0 spiro atoms. The third-order valence-corrected chi connectivity index (χ3v) is 0. The first-order valence-electron chi connectivity index (χ1n) is 0. The van der Waals surface area contributed by atoms with Crippen LogP contribution in [0.5, 0.6) is 0 Å². The molecule has 0 fully saturated rings. The van der Waals surface area contributed by atoms with Crippen LogP contribution < -0.4 is 0 Å². The van der Waals surface area contributed by atoms with Crippen LogP contribution in [0, 0.1) is 0 Å². The van der Waals surface area contributed by atoms with E-state index in [1.54, 1.807) is 0 Å². The van der Waals surface area contributed by atoms with Crippen molar-refractivity contribution in [3.05, 3.63) is 0 Å². The summed E-state index contributed by atoms with van der Waals surface area (Å²) in [5, 5.41) is 0. The molecule has 76 valence electrons. The van der Waals surface area contributed by atoms with Gasteiger partial charge in [0.05, 0.1) is 0 Å². The van der Waals surface area contributed by atoms with Gasteiger partial charge in [-0.05, 0) is 0 Å². The van der Waals surface area contributed by atoms with Crippen LogP contribution in [0.25, 0.3) is 0 Å². The van der Waals surface area contributed by atoms with Gasteiger partial charge in [-0.25, -0.2) is 0 Å². The predicted molar refractivity (Wildman–Crippen MR) is 96.8 cm³/mol. The zero-order chi connectivity index (χ0) is 0. The average Bonchev–Trinajstić information content (AvgIpc) is 0. The molecule has 0 amide bonds. The Bertz CT molecular complexity index is 16.6. The Labute approximate surface area is 324 Å². The first kappa shape index (κ1) is 187. The van der Waals surface area contributed by atoms with Gasteiger partial charge in [0.15, 0.2) is 0 Å². The summed E-state index contributed by atoms with van der Waals surface area (Å²) in [4.78, 5) is 0. The molecule has 17 heavy (non-hydrogen) atoms. The van der Waals surface area contributed by atoms with E-state index in [0.717, 1.165) is 0 Å². The summed E-state index contributed by atoms with van der Waals surface area (Å²) in [6.45, 7) is 0. The van der Waals surface area contributed by atoms with Crippen LogP contribution in [0.15, 0.2) is 0 Å². The summed E-state index contributed by atoms with van der Waals surface area (Å²) in [5.74, 6) is 0. The molecule has 0 aliphatic heterocycles. The minimum atomic E-state index is 0. The Morgan fingerprint density at radius 2 is 0.118 bits per heavy atom. The molecule has 0 aliphatic rings. The molecular formula is H24Na10O7. The van der Waals surface area contributed by atoms with Crippen molar-refractivity contribution in [2.24, 2.45) is 0 Å². The molecule has 0 unspecified atom stereocenters. The fourth-order valence-corrected chi connectivity index (χ4v) is 0. The fraction of sp³-hybridized carbons (Fsp3) is 0. The minimum absolute atomic E-state index is 0. The standard InChI is InChI=1S/10Na.7H2O.10H/h;;;;;;;;;;7*1H2;;;;;;;;;;. The summed E-state index contributed by atoms with van der Waals surface area (Å²) in [6, 6.07) is 0. The van der Waals surface area contributed by atoms with E-state index in [4.69, 9.17) is 0 Å². The first-order chi connectivity index (χ1) is 0. The fourth-order valence-electron chi connectivity index (χ4n) is 0.